The van der Waals surface area contributed by atoms with Gasteiger partial charge < -0.3 is 15.0 Å². The third-order valence-corrected chi connectivity index (χ3v) is 3.65. The number of ether oxygens (including phenoxy) is 1. The lowest BCUT2D eigenvalue weighted by molar-refractivity contribution is -0.0684. The van der Waals surface area contributed by atoms with Crippen molar-refractivity contribution < 1.29 is 4.74 Å². The van der Waals surface area contributed by atoms with Gasteiger partial charge in [0, 0.05) is 25.3 Å². The van der Waals surface area contributed by atoms with Crippen molar-refractivity contribution in [3.63, 3.8) is 0 Å². The SMILES string of the molecule is CCN1CCOC(CN)C1c1cncn1C(C)C. The van der Waals surface area contributed by atoms with Crippen molar-refractivity contribution in [1.82, 2.24) is 14.5 Å². The smallest absolute Gasteiger partial charge is 0.0951 e. The predicted octanol–water partition coefficient (Wildman–Crippen LogP) is 1.18. The summed E-state index contributed by atoms with van der Waals surface area (Å²) in [5.74, 6) is 0. The molecule has 0 spiro atoms. The Morgan fingerprint density at radius 1 is 1.56 bits per heavy atom. The molecule has 2 atom stereocenters. The fraction of sp³-hybridized carbons (Fsp3) is 0.769. The summed E-state index contributed by atoms with van der Waals surface area (Å²) >= 11 is 0. The molecular weight excluding hydrogens is 228 g/mol. The van der Waals surface area contributed by atoms with Crippen LogP contribution in [0.4, 0.5) is 0 Å². The molecule has 2 unspecified atom stereocenters. The monoisotopic (exact) mass is 252 g/mol. The molecular formula is C13H24N4O. The van der Waals surface area contributed by atoms with Gasteiger partial charge in [-0.05, 0) is 20.4 Å². The lowest BCUT2D eigenvalue weighted by atomic mass is 10.0. The van der Waals surface area contributed by atoms with E-state index in [1.807, 2.05) is 12.5 Å². The van der Waals surface area contributed by atoms with Crippen molar-refractivity contribution >= 4 is 0 Å². The number of rotatable bonds is 4. The van der Waals surface area contributed by atoms with E-state index in [9.17, 15) is 0 Å². The number of imidazole rings is 1. The van der Waals surface area contributed by atoms with E-state index in [1.54, 1.807) is 0 Å². The highest BCUT2D eigenvalue weighted by Gasteiger charge is 2.34. The summed E-state index contributed by atoms with van der Waals surface area (Å²) in [6.07, 6.45) is 3.91. The van der Waals surface area contributed by atoms with Crippen LogP contribution in [-0.2, 0) is 4.74 Å². The van der Waals surface area contributed by atoms with Gasteiger partial charge in [0.1, 0.15) is 0 Å². The number of likely N-dealkylation sites (N-methyl/N-ethyl adjacent to an activating group) is 1. The quantitative estimate of drug-likeness (QED) is 0.874. The zero-order valence-corrected chi connectivity index (χ0v) is 11.5. The Kier molecular flexibility index (Phi) is 4.37. The maximum absolute atomic E-state index is 5.86. The normalized spacial score (nSPS) is 25.8. The molecule has 0 aromatic carbocycles. The van der Waals surface area contributed by atoms with Crippen molar-refractivity contribution in [1.29, 1.82) is 0 Å². The van der Waals surface area contributed by atoms with Crippen LogP contribution in [0, 0.1) is 0 Å². The van der Waals surface area contributed by atoms with Crippen molar-refractivity contribution in [2.75, 3.05) is 26.2 Å². The standard InChI is InChI=1S/C13H24N4O/c1-4-16-5-6-18-12(7-14)13(16)11-8-15-9-17(11)10(2)3/h8-10,12-13H,4-7,14H2,1-3H3. The van der Waals surface area contributed by atoms with Gasteiger partial charge in [0.05, 0.1) is 30.8 Å². The van der Waals surface area contributed by atoms with Gasteiger partial charge >= 0.3 is 0 Å². The molecule has 0 saturated carbocycles. The molecule has 2 rings (SSSR count). The van der Waals surface area contributed by atoms with Gasteiger partial charge in [-0.25, -0.2) is 4.98 Å². The number of aromatic nitrogens is 2. The second-order valence-electron chi connectivity index (χ2n) is 5.04. The molecule has 102 valence electrons. The van der Waals surface area contributed by atoms with Crippen LogP contribution in [0.2, 0.25) is 0 Å². The zero-order valence-electron chi connectivity index (χ0n) is 11.5. The minimum absolute atomic E-state index is 0.0629. The zero-order chi connectivity index (χ0) is 13.1. The number of nitrogens with zero attached hydrogens (tertiary/aromatic N) is 3. The van der Waals surface area contributed by atoms with Gasteiger partial charge in [-0.15, -0.1) is 0 Å². The van der Waals surface area contributed by atoms with Crippen LogP contribution in [0.3, 0.4) is 0 Å². The average molecular weight is 252 g/mol. The van der Waals surface area contributed by atoms with E-state index in [2.05, 4.69) is 35.2 Å². The first-order valence-corrected chi connectivity index (χ1v) is 6.76. The van der Waals surface area contributed by atoms with Crippen LogP contribution < -0.4 is 5.73 Å². The Bertz CT molecular complexity index is 365. The van der Waals surface area contributed by atoms with Gasteiger partial charge in [0.2, 0.25) is 0 Å². The molecule has 0 radical (unpaired) electrons. The highest BCUT2D eigenvalue weighted by Crippen LogP contribution is 2.30. The van der Waals surface area contributed by atoms with Crippen LogP contribution >= 0.6 is 0 Å². The Morgan fingerprint density at radius 3 is 2.94 bits per heavy atom. The Balaban J connectivity index is 2.33. The summed E-state index contributed by atoms with van der Waals surface area (Å²) in [7, 11) is 0. The highest BCUT2D eigenvalue weighted by atomic mass is 16.5. The third-order valence-electron chi connectivity index (χ3n) is 3.65. The van der Waals surface area contributed by atoms with Gasteiger partial charge in [0.15, 0.2) is 0 Å². The molecule has 0 aliphatic carbocycles. The first-order valence-electron chi connectivity index (χ1n) is 6.76. The summed E-state index contributed by atoms with van der Waals surface area (Å²) in [5, 5.41) is 0. The van der Waals surface area contributed by atoms with E-state index in [-0.39, 0.29) is 12.1 Å². The molecule has 1 saturated heterocycles. The molecule has 0 bridgehead atoms. The van der Waals surface area contributed by atoms with Crippen LogP contribution in [0.5, 0.6) is 0 Å². The average Bonchev–Trinajstić information content (AvgIpc) is 2.86. The van der Waals surface area contributed by atoms with Crippen molar-refractivity contribution in [2.45, 2.75) is 39.0 Å². The summed E-state index contributed by atoms with van der Waals surface area (Å²) in [4.78, 5) is 6.72. The fourth-order valence-corrected chi connectivity index (χ4v) is 2.69. The molecule has 0 amide bonds. The number of morpholine rings is 1. The van der Waals surface area contributed by atoms with Crippen LogP contribution in [0.15, 0.2) is 12.5 Å². The molecule has 5 heteroatoms. The number of nitrogens with two attached hydrogens (primary N) is 1. The van der Waals surface area contributed by atoms with Crippen molar-refractivity contribution in [3.8, 4) is 0 Å². The van der Waals surface area contributed by atoms with E-state index in [1.165, 1.54) is 5.69 Å². The summed E-state index contributed by atoms with van der Waals surface area (Å²) < 4.78 is 8.04. The Morgan fingerprint density at radius 2 is 2.33 bits per heavy atom. The maximum atomic E-state index is 5.86. The molecule has 2 heterocycles. The summed E-state index contributed by atoms with van der Waals surface area (Å²) in [5.41, 5.74) is 7.07. The van der Waals surface area contributed by atoms with Crippen molar-refractivity contribution in [3.05, 3.63) is 18.2 Å². The van der Waals surface area contributed by atoms with E-state index in [0.29, 0.717) is 12.6 Å². The largest absolute Gasteiger partial charge is 0.374 e. The predicted molar refractivity (Wildman–Crippen MR) is 71.4 cm³/mol. The topological polar surface area (TPSA) is 56.3 Å². The van der Waals surface area contributed by atoms with E-state index in [4.69, 9.17) is 10.5 Å². The first kappa shape index (κ1) is 13.5. The van der Waals surface area contributed by atoms with E-state index < -0.39 is 0 Å². The molecule has 1 aliphatic heterocycles. The molecule has 1 fully saturated rings. The molecule has 2 N–H and O–H groups in total. The summed E-state index contributed by atoms with van der Waals surface area (Å²) in [6, 6.07) is 0.625. The van der Waals surface area contributed by atoms with Crippen molar-refractivity contribution in [2.24, 2.45) is 5.73 Å². The highest BCUT2D eigenvalue weighted by molar-refractivity contribution is 5.10. The molecule has 1 aliphatic rings. The fourth-order valence-electron chi connectivity index (χ4n) is 2.69. The van der Waals surface area contributed by atoms with Crippen LogP contribution in [-0.4, -0.2) is 46.8 Å². The lowest BCUT2D eigenvalue weighted by Crippen LogP contribution is -2.48. The Labute approximate surface area is 109 Å². The Hall–Kier alpha value is -0.910. The second-order valence-corrected chi connectivity index (χ2v) is 5.04. The van der Waals surface area contributed by atoms with Crippen LogP contribution in [0.1, 0.15) is 38.5 Å². The van der Waals surface area contributed by atoms with Crippen LogP contribution in [0.25, 0.3) is 0 Å². The first-order chi connectivity index (χ1) is 8.69. The lowest BCUT2D eigenvalue weighted by Gasteiger charge is -2.40. The number of hydrogen-bond donors (Lipinski definition) is 1. The third kappa shape index (κ3) is 2.43. The van der Waals surface area contributed by atoms with Gasteiger partial charge in [-0.3, -0.25) is 4.90 Å². The molecule has 1 aromatic heterocycles. The molecule has 5 nitrogen and oxygen atoms in total. The molecule has 18 heavy (non-hydrogen) atoms. The maximum Gasteiger partial charge on any atom is 0.0951 e. The molecule has 1 aromatic rings. The van der Waals surface area contributed by atoms with E-state index >= 15 is 0 Å². The summed E-state index contributed by atoms with van der Waals surface area (Å²) in [6.45, 7) is 9.80. The second kappa shape index (κ2) is 5.82. The van der Waals surface area contributed by atoms with Gasteiger partial charge in [-0.2, -0.15) is 0 Å². The number of hydrogen-bond acceptors (Lipinski definition) is 4. The minimum Gasteiger partial charge on any atom is -0.374 e. The minimum atomic E-state index is 0.0629. The van der Waals surface area contributed by atoms with Gasteiger partial charge in [0.25, 0.3) is 0 Å². The van der Waals surface area contributed by atoms with E-state index in [0.717, 1.165) is 19.7 Å². The van der Waals surface area contributed by atoms with Gasteiger partial charge in [-0.1, -0.05) is 6.92 Å².